The molecule has 0 radical (unpaired) electrons. The molecule has 1 amide bonds. The molecule has 2 aromatic rings. The van der Waals surface area contributed by atoms with Crippen molar-refractivity contribution in [2.45, 2.75) is 13.0 Å². The number of likely N-dealkylation sites (N-methyl/N-ethyl adjacent to an activating group) is 1. The second-order valence-electron chi connectivity index (χ2n) is 4.86. The van der Waals surface area contributed by atoms with E-state index < -0.39 is 0 Å². The van der Waals surface area contributed by atoms with Crippen LogP contribution in [-0.2, 0) is 17.8 Å². The molecule has 2 rings (SSSR count). The van der Waals surface area contributed by atoms with E-state index >= 15 is 0 Å². The summed E-state index contributed by atoms with van der Waals surface area (Å²) >= 11 is 0. The predicted molar refractivity (Wildman–Crippen MR) is 81.8 cm³/mol. The predicted octanol–water partition coefficient (Wildman–Crippen LogP) is 1.87. The quantitative estimate of drug-likeness (QED) is 0.910. The number of carbonyl (C=O) groups excluding carboxylic acids is 1. The van der Waals surface area contributed by atoms with Crippen LogP contribution in [0.3, 0.4) is 0 Å². The maximum Gasteiger partial charge on any atom is 0.228 e. The molecule has 0 aliphatic heterocycles. The minimum absolute atomic E-state index is 0.0167. The number of pyridine rings is 1. The molecule has 0 spiro atoms. The molecule has 0 bridgehead atoms. The molecule has 0 aliphatic carbocycles. The fourth-order valence-corrected chi connectivity index (χ4v) is 1.92. The van der Waals surface area contributed by atoms with Crippen LogP contribution in [0.2, 0.25) is 0 Å². The number of nitrogens with two attached hydrogens (primary N) is 1. The highest BCUT2D eigenvalue weighted by Crippen LogP contribution is 2.13. The Balaban J connectivity index is 1.93. The third kappa shape index (κ3) is 4.21. The number of rotatable bonds is 5. The van der Waals surface area contributed by atoms with E-state index in [1.807, 2.05) is 24.3 Å². The standard InChI is InChI=1S/C16H19N3O2/c1-19(11-12-3-7-15(21-2)8-4-12)16(20)9-14-6-5-13(17)10-18-14/h3-8,10H,9,11,17H2,1-2H3. The topological polar surface area (TPSA) is 68.5 Å². The summed E-state index contributed by atoms with van der Waals surface area (Å²) in [6.45, 7) is 0.553. The normalized spacial score (nSPS) is 10.2. The number of amides is 1. The van der Waals surface area contributed by atoms with Gasteiger partial charge in [-0.1, -0.05) is 12.1 Å². The minimum atomic E-state index is 0.0167. The van der Waals surface area contributed by atoms with Crippen LogP contribution >= 0.6 is 0 Å². The highest BCUT2D eigenvalue weighted by molar-refractivity contribution is 5.78. The molecule has 5 heteroatoms. The Morgan fingerprint density at radius 2 is 1.95 bits per heavy atom. The van der Waals surface area contributed by atoms with Gasteiger partial charge < -0.3 is 15.4 Å². The molecule has 0 unspecified atom stereocenters. The lowest BCUT2D eigenvalue weighted by Gasteiger charge is -2.17. The highest BCUT2D eigenvalue weighted by Gasteiger charge is 2.11. The molecule has 1 aromatic carbocycles. The monoisotopic (exact) mass is 285 g/mol. The molecule has 0 saturated heterocycles. The summed E-state index contributed by atoms with van der Waals surface area (Å²) in [6.07, 6.45) is 1.83. The lowest BCUT2D eigenvalue weighted by atomic mass is 10.2. The highest BCUT2D eigenvalue weighted by atomic mass is 16.5. The number of methoxy groups -OCH3 is 1. The van der Waals surface area contributed by atoms with Gasteiger partial charge in [0.25, 0.3) is 0 Å². The Morgan fingerprint density at radius 3 is 2.52 bits per heavy atom. The molecule has 0 fully saturated rings. The second-order valence-corrected chi connectivity index (χ2v) is 4.86. The van der Waals surface area contributed by atoms with Crippen molar-refractivity contribution in [1.29, 1.82) is 0 Å². The second kappa shape index (κ2) is 6.74. The molecular weight excluding hydrogens is 266 g/mol. The molecule has 0 atom stereocenters. The average molecular weight is 285 g/mol. The molecule has 2 N–H and O–H groups in total. The number of hydrogen-bond donors (Lipinski definition) is 1. The molecule has 0 aliphatic rings. The molecule has 0 saturated carbocycles. The largest absolute Gasteiger partial charge is 0.497 e. The molecule has 1 heterocycles. The van der Waals surface area contributed by atoms with Crippen molar-refractivity contribution < 1.29 is 9.53 Å². The maximum absolute atomic E-state index is 12.2. The van der Waals surface area contributed by atoms with Crippen LogP contribution in [0.1, 0.15) is 11.3 Å². The van der Waals surface area contributed by atoms with E-state index in [0.717, 1.165) is 17.0 Å². The molecule has 21 heavy (non-hydrogen) atoms. The SMILES string of the molecule is COc1ccc(CN(C)C(=O)Cc2ccc(N)cn2)cc1. The van der Waals surface area contributed by atoms with Crippen LogP contribution in [0.5, 0.6) is 5.75 Å². The summed E-state index contributed by atoms with van der Waals surface area (Å²) < 4.78 is 5.11. The van der Waals surface area contributed by atoms with E-state index in [2.05, 4.69) is 4.98 Å². The third-order valence-electron chi connectivity index (χ3n) is 3.18. The van der Waals surface area contributed by atoms with Crippen LogP contribution in [-0.4, -0.2) is 29.9 Å². The van der Waals surface area contributed by atoms with E-state index in [9.17, 15) is 4.79 Å². The number of anilines is 1. The fourth-order valence-electron chi connectivity index (χ4n) is 1.92. The summed E-state index contributed by atoms with van der Waals surface area (Å²) in [5.41, 5.74) is 7.94. The number of carbonyl (C=O) groups is 1. The molecule has 110 valence electrons. The number of nitrogens with zero attached hydrogens (tertiary/aromatic N) is 2. The van der Waals surface area contributed by atoms with Crippen molar-refractivity contribution >= 4 is 11.6 Å². The van der Waals surface area contributed by atoms with Gasteiger partial charge >= 0.3 is 0 Å². The van der Waals surface area contributed by atoms with Crippen molar-refractivity contribution in [2.24, 2.45) is 0 Å². The number of ether oxygens (including phenoxy) is 1. The van der Waals surface area contributed by atoms with E-state index in [4.69, 9.17) is 10.5 Å². The number of aromatic nitrogens is 1. The number of nitrogen functional groups attached to an aromatic ring is 1. The maximum atomic E-state index is 12.2. The Kier molecular flexibility index (Phi) is 4.77. The number of benzene rings is 1. The van der Waals surface area contributed by atoms with Gasteiger partial charge in [0, 0.05) is 19.3 Å². The molecule has 5 nitrogen and oxygen atoms in total. The van der Waals surface area contributed by atoms with Crippen LogP contribution in [0, 0.1) is 0 Å². The Bertz CT molecular complexity index is 594. The van der Waals surface area contributed by atoms with Gasteiger partial charge in [-0.2, -0.15) is 0 Å². The van der Waals surface area contributed by atoms with Crippen molar-refractivity contribution in [3.05, 3.63) is 53.9 Å². The molecule has 1 aromatic heterocycles. The van der Waals surface area contributed by atoms with Crippen molar-refractivity contribution in [3.63, 3.8) is 0 Å². The van der Waals surface area contributed by atoms with E-state index in [0.29, 0.717) is 12.2 Å². The lowest BCUT2D eigenvalue weighted by Crippen LogP contribution is -2.28. The van der Waals surface area contributed by atoms with Gasteiger partial charge in [0.05, 0.1) is 25.4 Å². The number of hydrogen-bond acceptors (Lipinski definition) is 4. The van der Waals surface area contributed by atoms with Crippen LogP contribution in [0.25, 0.3) is 0 Å². The van der Waals surface area contributed by atoms with Gasteiger partial charge in [-0.05, 0) is 29.8 Å². The zero-order chi connectivity index (χ0) is 15.2. The smallest absolute Gasteiger partial charge is 0.228 e. The van der Waals surface area contributed by atoms with Crippen LogP contribution in [0.4, 0.5) is 5.69 Å². The first-order chi connectivity index (χ1) is 10.1. The summed E-state index contributed by atoms with van der Waals surface area (Å²) in [5, 5.41) is 0. The van der Waals surface area contributed by atoms with Crippen molar-refractivity contribution in [2.75, 3.05) is 19.9 Å². The summed E-state index contributed by atoms with van der Waals surface area (Å²) in [6, 6.07) is 11.2. The lowest BCUT2D eigenvalue weighted by molar-refractivity contribution is -0.129. The van der Waals surface area contributed by atoms with Gasteiger partial charge in [0.2, 0.25) is 5.91 Å². The third-order valence-corrected chi connectivity index (χ3v) is 3.18. The Labute approximate surface area is 124 Å². The fraction of sp³-hybridized carbons (Fsp3) is 0.250. The van der Waals surface area contributed by atoms with Crippen molar-refractivity contribution in [3.8, 4) is 5.75 Å². The van der Waals surface area contributed by atoms with Gasteiger partial charge in [0.1, 0.15) is 5.75 Å². The van der Waals surface area contributed by atoms with Gasteiger partial charge in [0.15, 0.2) is 0 Å². The first-order valence-corrected chi connectivity index (χ1v) is 6.66. The van der Waals surface area contributed by atoms with E-state index in [1.54, 1.807) is 37.4 Å². The zero-order valence-corrected chi connectivity index (χ0v) is 12.2. The summed E-state index contributed by atoms with van der Waals surface area (Å²) in [7, 11) is 3.41. The van der Waals surface area contributed by atoms with Gasteiger partial charge in [-0.3, -0.25) is 9.78 Å². The van der Waals surface area contributed by atoms with Crippen LogP contribution < -0.4 is 10.5 Å². The first kappa shape index (κ1) is 14.8. The minimum Gasteiger partial charge on any atom is -0.497 e. The first-order valence-electron chi connectivity index (χ1n) is 6.66. The van der Waals surface area contributed by atoms with Gasteiger partial charge in [-0.25, -0.2) is 0 Å². The average Bonchev–Trinajstić information content (AvgIpc) is 2.50. The van der Waals surface area contributed by atoms with E-state index in [-0.39, 0.29) is 12.3 Å². The van der Waals surface area contributed by atoms with Crippen molar-refractivity contribution in [1.82, 2.24) is 9.88 Å². The Morgan fingerprint density at radius 1 is 1.24 bits per heavy atom. The van der Waals surface area contributed by atoms with Gasteiger partial charge in [-0.15, -0.1) is 0 Å². The van der Waals surface area contributed by atoms with E-state index in [1.165, 1.54) is 0 Å². The zero-order valence-electron chi connectivity index (χ0n) is 12.2. The molecular formula is C16H19N3O2. The Hall–Kier alpha value is -2.56. The summed E-state index contributed by atoms with van der Waals surface area (Å²) in [4.78, 5) is 18.0. The van der Waals surface area contributed by atoms with Crippen LogP contribution in [0.15, 0.2) is 42.6 Å². The summed E-state index contributed by atoms with van der Waals surface area (Å²) in [5.74, 6) is 0.821.